The Bertz CT molecular complexity index is 888. The van der Waals surface area contributed by atoms with Gasteiger partial charge in [0.15, 0.2) is 0 Å². The number of ether oxygens (including phenoxy) is 3. The van der Waals surface area contributed by atoms with Gasteiger partial charge in [-0.1, -0.05) is 0 Å². The molecular formula is C21H22N2O5. The minimum Gasteiger partial charge on any atom is -0.497 e. The van der Waals surface area contributed by atoms with Crippen LogP contribution in [0.2, 0.25) is 0 Å². The Balaban J connectivity index is 1.90. The van der Waals surface area contributed by atoms with Crippen molar-refractivity contribution in [3.63, 3.8) is 0 Å². The second kappa shape index (κ2) is 8.47. The number of amides is 1. The average Bonchev–Trinajstić information content (AvgIpc) is 3.05. The molecule has 0 fully saturated rings. The van der Waals surface area contributed by atoms with Crippen molar-refractivity contribution in [2.24, 2.45) is 0 Å². The van der Waals surface area contributed by atoms with E-state index in [-0.39, 0.29) is 24.8 Å². The Morgan fingerprint density at radius 2 is 1.57 bits per heavy atom. The Morgan fingerprint density at radius 1 is 1.00 bits per heavy atom. The van der Waals surface area contributed by atoms with Crippen molar-refractivity contribution in [1.29, 1.82) is 0 Å². The zero-order valence-corrected chi connectivity index (χ0v) is 16.0. The number of hydrogen-bond donors (Lipinski definition) is 1. The van der Waals surface area contributed by atoms with Gasteiger partial charge >= 0.3 is 5.97 Å². The van der Waals surface area contributed by atoms with E-state index in [4.69, 9.17) is 14.2 Å². The lowest BCUT2D eigenvalue weighted by molar-refractivity contribution is -0.138. The molecule has 2 aromatic carbocycles. The van der Waals surface area contributed by atoms with Gasteiger partial charge in [0.1, 0.15) is 17.2 Å². The van der Waals surface area contributed by atoms with Gasteiger partial charge < -0.3 is 24.4 Å². The molecule has 1 aliphatic heterocycles. The number of hydrogen-bond acceptors (Lipinski definition) is 6. The number of carbonyl (C=O) groups excluding carboxylic acids is 2. The van der Waals surface area contributed by atoms with E-state index in [1.165, 1.54) is 4.90 Å². The van der Waals surface area contributed by atoms with Crippen LogP contribution in [-0.2, 0) is 14.3 Å². The van der Waals surface area contributed by atoms with Crippen LogP contribution >= 0.6 is 0 Å². The first-order chi connectivity index (χ1) is 13.6. The number of nitrogens with zero attached hydrogens (tertiary/aromatic N) is 1. The lowest BCUT2D eigenvalue weighted by Crippen LogP contribution is -2.28. The van der Waals surface area contributed by atoms with E-state index < -0.39 is 5.97 Å². The number of methoxy groups -OCH3 is 2. The summed E-state index contributed by atoms with van der Waals surface area (Å²) >= 11 is 0. The van der Waals surface area contributed by atoms with E-state index >= 15 is 0 Å². The van der Waals surface area contributed by atoms with Crippen molar-refractivity contribution < 1.29 is 23.8 Å². The predicted molar refractivity (Wildman–Crippen MR) is 106 cm³/mol. The molecule has 146 valence electrons. The molecule has 1 aliphatic rings. The van der Waals surface area contributed by atoms with Gasteiger partial charge in [-0.2, -0.15) is 0 Å². The summed E-state index contributed by atoms with van der Waals surface area (Å²) < 4.78 is 15.4. The summed E-state index contributed by atoms with van der Waals surface area (Å²) in [6.07, 6.45) is 0. The molecule has 7 nitrogen and oxygen atoms in total. The van der Waals surface area contributed by atoms with Crippen molar-refractivity contribution in [2.75, 3.05) is 37.6 Å². The van der Waals surface area contributed by atoms with Gasteiger partial charge in [-0.3, -0.25) is 4.79 Å². The highest BCUT2D eigenvalue weighted by atomic mass is 16.5. The SMILES string of the molecule is CCOC(=O)C1=C(Nc2ccc(OC)cc2)C(=O)N(c2ccc(OC)cc2)C1. The van der Waals surface area contributed by atoms with Crippen LogP contribution in [0, 0.1) is 0 Å². The molecular weight excluding hydrogens is 360 g/mol. The zero-order chi connectivity index (χ0) is 20.1. The number of anilines is 2. The number of carbonyl (C=O) groups is 2. The van der Waals surface area contributed by atoms with Gasteiger partial charge in [0.2, 0.25) is 0 Å². The minimum atomic E-state index is -0.511. The standard InChI is InChI=1S/C21H22N2O5/c1-4-28-21(25)18-13-23(15-7-11-17(27-3)12-8-15)20(24)19(18)22-14-5-9-16(26-2)10-6-14/h5-12,22H,4,13H2,1-3H3. The molecule has 0 aliphatic carbocycles. The molecule has 1 N–H and O–H groups in total. The lowest BCUT2D eigenvalue weighted by Gasteiger charge is -2.17. The van der Waals surface area contributed by atoms with Gasteiger partial charge in [0.05, 0.1) is 32.9 Å². The Hall–Kier alpha value is -3.48. The first-order valence-electron chi connectivity index (χ1n) is 8.84. The molecule has 0 unspecified atom stereocenters. The van der Waals surface area contributed by atoms with Crippen LogP contribution in [0.4, 0.5) is 11.4 Å². The molecule has 0 atom stereocenters. The summed E-state index contributed by atoms with van der Waals surface area (Å²) in [5.74, 6) is 0.570. The number of rotatable bonds is 7. The molecule has 0 spiro atoms. The molecule has 0 bridgehead atoms. The maximum atomic E-state index is 13.0. The molecule has 3 rings (SSSR count). The van der Waals surface area contributed by atoms with E-state index in [9.17, 15) is 9.59 Å². The Kier molecular flexibility index (Phi) is 5.84. The van der Waals surface area contributed by atoms with E-state index in [0.29, 0.717) is 28.4 Å². The molecule has 0 saturated carbocycles. The first-order valence-corrected chi connectivity index (χ1v) is 8.84. The molecule has 7 heteroatoms. The highest BCUT2D eigenvalue weighted by Crippen LogP contribution is 2.29. The van der Waals surface area contributed by atoms with Crippen LogP contribution < -0.4 is 19.7 Å². The van der Waals surface area contributed by atoms with Crippen LogP contribution in [0.3, 0.4) is 0 Å². The van der Waals surface area contributed by atoms with E-state index in [1.807, 2.05) is 0 Å². The second-order valence-corrected chi connectivity index (χ2v) is 6.02. The molecule has 0 saturated heterocycles. The maximum absolute atomic E-state index is 13.0. The van der Waals surface area contributed by atoms with Crippen LogP contribution in [0.5, 0.6) is 11.5 Å². The van der Waals surface area contributed by atoms with Crippen molar-refractivity contribution in [1.82, 2.24) is 0 Å². The normalized spacial score (nSPS) is 13.5. The van der Waals surface area contributed by atoms with Gasteiger partial charge in [-0.05, 0) is 55.5 Å². The fourth-order valence-electron chi connectivity index (χ4n) is 2.88. The van der Waals surface area contributed by atoms with Crippen LogP contribution in [-0.4, -0.2) is 39.2 Å². The molecule has 1 heterocycles. The lowest BCUT2D eigenvalue weighted by atomic mass is 10.2. The molecule has 1 amide bonds. The molecule has 0 radical (unpaired) electrons. The number of benzene rings is 2. The smallest absolute Gasteiger partial charge is 0.338 e. The summed E-state index contributed by atoms with van der Waals surface area (Å²) in [7, 11) is 3.16. The molecule has 2 aromatic rings. The monoisotopic (exact) mass is 382 g/mol. The van der Waals surface area contributed by atoms with Crippen molar-refractivity contribution in [3.8, 4) is 11.5 Å². The quantitative estimate of drug-likeness (QED) is 0.742. The van der Waals surface area contributed by atoms with Gasteiger partial charge in [0, 0.05) is 11.4 Å². The van der Waals surface area contributed by atoms with Crippen LogP contribution in [0.1, 0.15) is 6.92 Å². The zero-order valence-electron chi connectivity index (χ0n) is 16.0. The third-order valence-corrected chi connectivity index (χ3v) is 4.34. The van der Waals surface area contributed by atoms with Crippen molar-refractivity contribution in [2.45, 2.75) is 6.92 Å². The van der Waals surface area contributed by atoms with E-state index in [2.05, 4.69) is 5.32 Å². The summed E-state index contributed by atoms with van der Waals surface area (Å²) in [6, 6.07) is 14.2. The van der Waals surface area contributed by atoms with Crippen molar-refractivity contribution >= 4 is 23.3 Å². The molecule has 0 aromatic heterocycles. The third-order valence-electron chi connectivity index (χ3n) is 4.34. The summed E-state index contributed by atoms with van der Waals surface area (Å²) in [4.78, 5) is 27.0. The van der Waals surface area contributed by atoms with Crippen molar-refractivity contribution in [3.05, 3.63) is 59.8 Å². The van der Waals surface area contributed by atoms with E-state index in [0.717, 1.165) is 0 Å². The fraction of sp³-hybridized carbons (Fsp3) is 0.238. The van der Waals surface area contributed by atoms with E-state index in [1.54, 1.807) is 69.7 Å². The summed E-state index contributed by atoms with van der Waals surface area (Å²) in [5, 5.41) is 3.06. The maximum Gasteiger partial charge on any atom is 0.338 e. The number of esters is 1. The molecule has 28 heavy (non-hydrogen) atoms. The summed E-state index contributed by atoms with van der Waals surface area (Å²) in [6.45, 7) is 2.09. The second-order valence-electron chi connectivity index (χ2n) is 6.02. The van der Waals surface area contributed by atoms with Crippen LogP contribution in [0.25, 0.3) is 0 Å². The largest absolute Gasteiger partial charge is 0.497 e. The highest BCUT2D eigenvalue weighted by Gasteiger charge is 2.35. The fourth-order valence-corrected chi connectivity index (χ4v) is 2.88. The number of nitrogens with one attached hydrogen (secondary N) is 1. The van der Waals surface area contributed by atoms with Gasteiger partial charge in [0.25, 0.3) is 5.91 Å². The van der Waals surface area contributed by atoms with Crippen LogP contribution in [0.15, 0.2) is 59.8 Å². The highest BCUT2D eigenvalue weighted by molar-refractivity contribution is 6.16. The summed E-state index contributed by atoms with van der Waals surface area (Å²) in [5.41, 5.74) is 1.83. The Morgan fingerprint density at radius 3 is 2.11 bits per heavy atom. The predicted octanol–water partition coefficient (Wildman–Crippen LogP) is 2.98. The average molecular weight is 382 g/mol. The minimum absolute atomic E-state index is 0.127. The first kappa shape index (κ1) is 19.3. The Labute approximate surface area is 163 Å². The third kappa shape index (κ3) is 3.93. The van der Waals surface area contributed by atoms with Gasteiger partial charge in [-0.25, -0.2) is 4.79 Å². The topological polar surface area (TPSA) is 77.1 Å². The van der Waals surface area contributed by atoms with Gasteiger partial charge in [-0.15, -0.1) is 0 Å².